The summed E-state index contributed by atoms with van der Waals surface area (Å²) < 4.78 is 1.89. The normalized spacial score (nSPS) is 18.5. The Balaban J connectivity index is 1.71. The molecule has 0 saturated heterocycles. The number of allylic oxidation sites excluding steroid dienone is 2. The number of rotatable bonds is 2. The maximum Gasteiger partial charge on any atom is 0.226 e. The zero-order valence-electron chi connectivity index (χ0n) is 16.1. The van der Waals surface area contributed by atoms with Gasteiger partial charge in [0.15, 0.2) is 11.6 Å². The monoisotopic (exact) mass is 370 g/mol. The van der Waals surface area contributed by atoms with Gasteiger partial charge in [0, 0.05) is 23.3 Å². The summed E-state index contributed by atoms with van der Waals surface area (Å²) in [5.74, 6) is 1.60. The Labute approximate surface area is 164 Å². The summed E-state index contributed by atoms with van der Waals surface area (Å²) in [5, 5.41) is 8.25. The van der Waals surface area contributed by atoms with Crippen LogP contribution >= 0.6 is 0 Å². The molecule has 2 heterocycles. The van der Waals surface area contributed by atoms with Crippen LogP contribution in [-0.4, -0.2) is 20.5 Å². The Morgan fingerprint density at radius 2 is 1.93 bits per heavy atom. The van der Waals surface area contributed by atoms with Gasteiger partial charge in [0.1, 0.15) is 6.04 Å². The summed E-state index contributed by atoms with van der Waals surface area (Å²) in [5.41, 5.74) is 6.23. The van der Waals surface area contributed by atoms with Gasteiger partial charge in [0.2, 0.25) is 5.95 Å². The van der Waals surface area contributed by atoms with Crippen LogP contribution in [0.5, 0.6) is 0 Å². The molecule has 5 heteroatoms. The number of Topliss-reactive ketones (excluding diaryl/α,β-unsaturated/α-hetero) is 1. The number of aryl methyl sites for hydroxylation is 2. The van der Waals surface area contributed by atoms with Gasteiger partial charge in [-0.1, -0.05) is 54.1 Å². The van der Waals surface area contributed by atoms with Crippen LogP contribution in [0.4, 0.5) is 5.95 Å². The topological polar surface area (TPSA) is 59.8 Å². The predicted octanol–water partition coefficient (Wildman–Crippen LogP) is 4.58. The van der Waals surface area contributed by atoms with Crippen LogP contribution in [0.2, 0.25) is 0 Å². The average Bonchev–Trinajstić information content (AvgIpc) is 3.10. The summed E-state index contributed by atoms with van der Waals surface area (Å²) in [7, 11) is 0. The minimum absolute atomic E-state index is 0.207. The lowest BCUT2D eigenvalue weighted by molar-refractivity contribution is -0.116. The van der Waals surface area contributed by atoms with Crippen molar-refractivity contribution in [2.45, 2.75) is 39.2 Å². The molecule has 2 aromatic carbocycles. The predicted molar refractivity (Wildman–Crippen MR) is 109 cm³/mol. The van der Waals surface area contributed by atoms with Crippen molar-refractivity contribution in [3.63, 3.8) is 0 Å². The van der Waals surface area contributed by atoms with Gasteiger partial charge in [0.25, 0.3) is 0 Å². The van der Waals surface area contributed by atoms with Gasteiger partial charge in [-0.05, 0) is 37.8 Å². The smallest absolute Gasteiger partial charge is 0.226 e. The number of ketones is 1. The molecule has 3 aromatic rings. The highest BCUT2D eigenvalue weighted by atomic mass is 16.1. The van der Waals surface area contributed by atoms with E-state index in [0.29, 0.717) is 18.2 Å². The molecule has 2 aliphatic rings. The van der Waals surface area contributed by atoms with Crippen molar-refractivity contribution in [1.29, 1.82) is 0 Å². The molecule has 5 rings (SSSR count). The Bertz CT molecular complexity index is 1130. The zero-order valence-corrected chi connectivity index (χ0v) is 16.1. The molecule has 1 aliphatic carbocycles. The molecule has 1 atom stereocenters. The first-order valence-corrected chi connectivity index (χ1v) is 9.74. The number of anilines is 1. The van der Waals surface area contributed by atoms with E-state index in [1.807, 2.05) is 28.9 Å². The Morgan fingerprint density at radius 1 is 1.07 bits per heavy atom. The van der Waals surface area contributed by atoms with Crippen LogP contribution in [0, 0.1) is 13.8 Å². The van der Waals surface area contributed by atoms with Gasteiger partial charge in [-0.2, -0.15) is 4.98 Å². The maximum absolute atomic E-state index is 12.9. The van der Waals surface area contributed by atoms with Crippen LogP contribution in [0.15, 0.2) is 59.8 Å². The van der Waals surface area contributed by atoms with Crippen molar-refractivity contribution < 1.29 is 4.79 Å². The SMILES string of the molecule is Cc1cccc(C2C3=C(CCCC3=O)Nc3nc(-c4ccccc4C)nn32)c1. The fraction of sp³-hybridized carbons (Fsp3) is 0.261. The molecule has 0 fully saturated rings. The van der Waals surface area contributed by atoms with Gasteiger partial charge in [-0.3, -0.25) is 4.79 Å². The summed E-state index contributed by atoms with van der Waals surface area (Å²) in [6.07, 6.45) is 2.34. The quantitative estimate of drug-likeness (QED) is 0.717. The third-order valence-corrected chi connectivity index (χ3v) is 5.61. The summed E-state index contributed by atoms with van der Waals surface area (Å²) in [6, 6.07) is 16.2. The van der Waals surface area contributed by atoms with E-state index in [9.17, 15) is 4.79 Å². The number of hydrogen-bond donors (Lipinski definition) is 1. The minimum Gasteiger partial charge on any atom is -0.328 e. The van der Waals surface area contributed by atoms with Crippen LogP contribution < -0.4 is 5.32 Å². The average molecular weight is 370 g/mol. The fourth-order valence-corrected chi connectivity index (χ4v) is 4.24. The number of carbonyl (C=O) groups is 1. The van der Waals surface area contributed by atoms with Crippen LogP contribution in [-0.2, 0) is 4.79 Å². The molecule has 0 amide bonds. The van der Waals surface area contributed by atoms with Crippen LogP contribution in [0.1, 0.15) is 42.0 Å². The fourth-order valence-electron chi connectivity index (χ4n) is 4.24. The number of carbonyl (C=O) groups excluding carboxylic acids is 1. The first kappa shape index (κ1) is 16.9. The highest BCUT2D eigenvalue weighted by Crippen LogP contribution is 2.40. The van der Waals surface area contributed by atoms with Gasteiger partial charge in [0.05, 0.1) is 0 Å². The van der Waals surface area contributed by atoms with Gasteiger partial charge >= 0.3 is 0 Å². The second-order valence-corrected chi connectivity index (χ2v) is 7.63. The van der Waals surface area contributed by atoms with E-state index in [4.69, 9.17) is 10.1 Å². The first-order valence-electron chi connectivity index (χ1n) is 9.74. The zero-order chi connectivity index (χ0) is 19.3. The van der Waals surface area contributed by atoms with E-state index in [0.717, 1.165) is 40.8 Å². The van der Waals surface area contributed by atoms with Crippen LogP contribution in [0.3, 0.4) is 0 Å². The van der Waals surface area contributed by atoms with Crippen molar-refractivity contribution in [3.8, 4) is 11.4 Å². The molecule has 0 spiro atoms. The number of aromatic nitrogens is 3. The standard InChI is InChI=1S/C23H22N4O/c1-14-7-5-9-16(13-14)21-20-18(11-6-12-19(20)28)24-23-25-22(26-27(21)23)17-10-4-3-8-15(17)2/h3-5,7-10,13,21H,6,11-12H2,1-2H3,(H,24,25,26). The molecule has 1 unspecified atom stereocenters. The largest absolute Gasteiger partial charge is 0.328 e. The molecule has 1 aromatic heterocycles. The summed E-state index contributed by atoms with van der Waals surface area (Å²) in [4.78, 5) is 17.7. The second kappa shape index (κ2) is 6.44. The third-order valence-electron chi connectivity index (χ3n) is 5.61. The molecule has 28 heavy (non-hydrogen) atoms. The first-order chi connectivity index (χ1) is 13.6. The summed E-state index contributed by atoms with van der Waals surface area (Å²) in [6.45, 7) is 4.14. The molecular formula is C23H22N4O. The molecule has 0 saturated carbocycles. The molecule has 140 valence electrons. The maximum atomic E-state index is 12.9. The van der Waals surface area contributed by atoms with Gasteiger partial charge in [-0.15, -0.1) is 5.10 Å². The third kappa shape index (κ3) is 2.66. The number of hydrogen-bond acceptors (Lipinski definition) is 4. The van der Waals surface area contributed by atoms with Crippen molar-refractivity contribution in [1.82, 2.24) is 14.8 Å². The van der Waals surface area contributed by atoms with Gasteiger partial charge in [-0.25, -0.2) is 4.68 Å². The highest BCUT2D eigenvalue weighted by molar-refractivity contribution is 5.99. The van der Waals surface area contributed by atoms with E-state index in [1.54, 1.807) is 0 Å². The lowest BCUT2D eigenvalue weighted by Crippen LogP contribution is -2.31. The van der Waals surface area contributed by atoms with E-state index in [2.05, 4.69) is 43.4 Å². The van der Waals surface area contributed by atoms with Crippen molar-refractivity contribution in [2.24, 2.45) is 0 Å². The minimum atomic E-state index is -0.232. The molecule has 1 N–H and O–H groups in total. The molecule has 1 aliphatic heterocycles. The van der Waals surface area contributed by atoms with E-state index < -0.39 is 0 Å². The lowest BCUT2D eigenvalue weighted by Gasteiger charge is -2.32. The molecule has 0 bridgehead atoms. The number of benzene rings is 2. The Kier molecular flexibility index (Phi) is 3.90. The van der Waals surface area contributed by atoms with Crippen molar-refractivity contribution >= 4 is 11.7 Å². The summed E-state index contributed by atoms with van der Waals surface area (Å²) >= 11 is 0. The molecule has 0 radical (unpaired) electrons. The number of nitrogens with zero attached hydrogens (tertiary/aromatic N) is 3. The molecular weight excluding hydrogens is 348 g/mol. The Morgan fingerprint density at radius 3 is 2.75 bits per heavy atom. The highest BCUT2D eigenvalue weighted by Gasteiger charge is 2.36. The second-order valence-electron chi connectivity index (χ2n) is 7.63. The van der Waals surface area contributed by atoms with Crippen LogP contribution in [0.25, 0.3) is 11.4 Å². The van der Waals surface area contributed by atoms with E-state index >= 15 is 0 Å². The number of fused-ring (bicyclic) bond motifs is 1. The lowest BCUT2D eigenvalue weighted by atomic mass is 9.85. The van der Waals surface area contributed by atoms with Crippen molar-refractivity contribution in [2.75, 3.05) is 5.32 Å². The Hall–Kier alpha value is -3.21. The van der Waals surface area contributed by atoms with Crippen molar-refractivity contribution in [3.05, 3.63) is 76.5 Å². The number of nitrogens with one attached hydrogen (secondary N) is 1. The van der Waals surface area contributed by atoms with Gasteiger partial charge < -0.3 is 5.32 Å². The molecule has 5 nitrogen and oxygen atoms in total. The van der Waals surface area contributed by atoms with E-state index in [-0.39, 0.29) is 11.8 Å². The van der Waals surface area contributed by atoms with E-state index in [1.165, 1.54) is 5.56 Å².